The maximum Gasteiger partial charge on any atom is 0.322 e. The molecule has 1 aromatic carbocycles. The Bertz CT molecular complexity index is 756. The lowest BCUT2D eigenvalue weighted by Gasteiger charge is -2.08. The summed E-state index contributed by atoms with van der Waals surface area (Å²) in [4.78, 5) is 43.9. The van der Waals surface area contributed by atoms with Crippen molar-refractivity contribution in [3.8, 4) is 0 Å². The fourth-order valence-electron chi connectivity index (χ4n) is 1.50. The number of nitrogens with one attached hydrogen (secondary N) is 3. The highest BCUT2D eigenvalue weighted by Crippen LogP contribution is 2.14. The fourth-order valence-corrected chi connectivity index (χ4v) is 2.45. The van der Waals surface area contributed by atoms with E-state index < -0.39 is 33.7 Å². The lowest BCUT2D eigenvalue weighted by molar-refractivity contribution is -0.138. The van der Waals surface area contributed by atoms with Crippen molar-refractivity contribution in [2.45, 2.75) is 17.7 Å². The van der Waals surface area contributed by atoms with Crippen LogP contribution >= 0.6 is 0 Å². The number of carboxylic acids is 1. The number of anilines is 1. The Balaban J connectivity index is 2.76. The van der Waals surface area contributed by atoms with Crippen LogP contribution < -0.4 is 15.4 Å². The van der Waals surface area contributed by atoms with Gasteiger partial charge in [0.1, 0.15) is 0 Å². The predicted molar refractivity (Wildman–Crippen MR) is 81.3 cm³/mol. The molecule has 1 rings (SSSR count). The molecule has 0 aliphatic carbocycles. The van der Waals surface area contributed by atoms with Crippen molar-refractivity contribution in [3.63, 3.8) is 0 Å². The van der Waals surface area contributed by atoms with Crippen LogP contribution in [0.4, 0.5) is 5.69 Å². The first kappa shape index (κ1) is 19.1. The zero-order valence-corrected chi connectivity index (χ0v) is 13.3. The Hall–Kier alpha value is -2.95. The van der Waals surface area contributed by atoms with Crippen LogP contribution in [0.25, 0.3) is 0 Å². The molecule has 1 aromatic rings. The fraction of sp³-hybridized carbons (Fsp3) is 0.231. The second-order valence-electron chi connectivity index (χ2n) is 4.48. The summed E-state index contributed by atoms with van der Waals surface area (Å²) in [6.07, 6.45) is -0.554. The topological polar surface area (TPSA) is 159 Å². The Kier molecular flexibility index (Phi) is 6.41. The van der Waals surface area contributed by atoms with Crippen molar-refractivity contribution in [1.82, 2.24) is 10.0 Å². The molecule has 0 spiro atoms. The maximum atomic E-state index is 11.9. The van der Waals surface area contributed by atoms with Gasteiger partial charge in [-0.05, 0) is 24.3 Å². The molecule has 0 radical (unpaired) electrons. The molecule has 0 heterocycles. The maximum absolute atomic E-state index is 11.9. The molecule has 24 heavy (non-hydrogen) atoms. The van der Waals surface area contributed by atoms with Crippen LogP contribution in [-0.2, 0) is 29.2 Å². The molecule has 0 aromatic heterocycles. The van der Waals surface area contributed by atoms with Gasteiger partial charge in [-0.1, -0.05) is 0 Å². The molecule has 0 saturated heterocycles. The van der Waals surface area contributed by atoms with E-state index in [-0.39, 0.29) is 23.4 Å². The molecule has 4 N–H and O–H groups in total. The minimum Gasteiger partial charge on any atom is -0.481 e. The summed E-state index contributed by atoms with van der Waals surface area (Å²) in [5, 5.41) is 12.9. The predicted octanol–water partition coefficient (Wildman–Crippen LogP) is -0.959. The Morgan fingerprint density at radius 3 is 2.08 bits per heavy atom. The van der Waals surface area contributed by atoms with Crippen molar-refractivity contribution >= 4 is 39.4 Å². The summed E-state index contributed by atoms with van der Waals surface area (Å²) in [5.74, 6) is -4.09. The van der Waals surface area contributed by atoms with Crippen molar-refractivity contribution in [1.29, 1.82) is 0 Å². The SMILES string of the molecule is CNC(=O)C(=O)NS(=O)(=O)c1ccc(NC(=O)CCC(=O)O)cc1. The van der Waals surface area contributed by atoms with Crippen LogP contribution in [0.3, 0.4) is 0 Å². The normalized spacial score (nSPS) is 10.5. The number of carbonyl (C=O) groups is 4. The van der Waals surface area contributed by atoms with Gasteiger partial charge in [0.15, 0.2) is 0 Å². The molecule has 0 unspecified atom stereocenters. The molecule has 130 valence electrons. The highest BCUT2D eigenvalue weighted by molar-refractivity contribution is 7.90. The summed E-state index contributed by atoms with van der Waals surface area (Å²) in [6.45, 7) is 0. The molecule has 0 saturated carbocycles. The van der Waals surface area contributed by atoms with E-state index in [4.69, 9.17) is 5.11 Å². The first-order valence-corrected chi connectivity index (χ1v) is 8.04. The monoisotopic (exact) mass is 357 g/mol. The van der Waals surface area contributed by atoms with Crippen molar-refractivity contribution in [3.05, 3.63) is 24.3 Å². The van der Waals surface area contributed by atoms with Gasteiger partial charge in [-0.3, -0.25) is 19.2 Å². The third kappa shape index (κ3) is 5.68. The van der Waals surface area contributed by atoms with Crippen LogP contribution in [0.5, 0.6) is 0 Å². The second-order valence-corrected chi connectivity index (χ2v) is 6.16. The number of amides is 3. The van der Waals surface area contributed by atoms with Crippen LogP contribution in [0.1, 0.15) is 12.8 Å². The zero-order valence-electron chi connectivity index (χ0n) is 12.5. The van der Waals surface area contributed by atoms with E-state index in [1.165, 1.54) is 19.2 Å². The minimum absolute atomic E-state index is 0.225. The van der Waals surface area contributed by atoms with E-state index in [9.17, 15) is 27.6 Å². The first-order chi connectivity index (χ1) is 11.2. The molecule has 0 bridgehead atoms. The molecule has 0 aliphatic rings. The number of sulfonamides is 1. The number of carbonyl (C=O) groups excluding carboxylic acids is 3. The Morgan fingerprint density at radius 2 is 1.58 bits per heavy atom. The van der Waals surface area contributed by atoms with Gasteiger partial charge in [-0.2, -0.15) is 0 Å². The smallest absolute Gasteiger partial charge is 0.322 e. The molecule has 0 atom stereocenters. The van der Waals surface area contributed by atoms with E-state index in [1.54, 1.807) is 4.72 Å². The van der Waals surface area contributed by atoms with Gasteiger partial charge in [0.2, 0.25) is 5.91 Å². The number of benzene rings is 1. The van der Waals surface area contributed by atoms with Crippen molar-refractivity contribution in [2.75, 3.05) is 12.4 Å². The molecular weight excluding hydrogens is 342 g/mol. The summed E-state index contributed by atoms with van der Waals surface area (Å²) in [5.41, 5.74) is 0.252. The molecule has 10 nitrogen and oxygen atoms in total. The van der Waals surface area contributed by atoms with Crippen LogP contribution in [0.2, 0.25) is 0 Å². The average molecular weight is 357 g/mol. The molecule has 0 aliphatic heterocycles. The van der Waals surface area contributed by atoms with E-state index >= 15 is 0 Å². The van der Waals surface area contributed by atoms with Crippen LogP contribution in [0, 0.1) is 0 Å². The van der Waals surface area contributed by atoms with Crippen molar-refractivity contribution < 1.29 is 32.7 Å². The van der Waals surface area contributed by atoms with E-state index in [0.717, 1.165) is 12.1 Å². The van der Waals surface area contributed by atoms with Gasteiger partial charge in [-0.25, -0.2) is 13.1 Å². The standard InChI is InChI=1S/C13H15N3O7S/c1-14-12(20)13(21)16-24(22,23)9-4-2-8(3-5-9)15-10(17)6-7-11(18)19/h2-5H,6-7H2,1H3,(H,14,20)(H,15,17)(H,16,21)(H,18,19). The molecule has 0 fully saturated rings. The number of carboxylic acid groups (broad SMARTS) is 1. The number of hydrogen-bond acceptors (Lipinski definition) is 6. The lowest BCUT2D eigenvalue weighted by atomic mass is 10.2. The summed E-state index contributed by atoms with van der Waals surface area (Å²) >= 11 is 0. The summed E-state index contributed by atoms with van der Waals surface area (Å²) < 4.78 is 25.4. The number of aliphatic carboxylic acids is 1. The van der Waals surface area contributed by atoms with E-state index in [1.807, 2.05) is 5.32 Å². The minimum atomic E-state index is -4.23. The number of hydrogen-bond donors (Lipinski definition) is 4. The first-order valence-electron chi connectivity index (χ1n) is 6.56. The largest absolute Gasteiger partial charge is 0.481 e. The van der Waals surface area contributed by atoms with E-state index in [2.05, 4.69) is 5.32 Å². The molecular formula is C13H15N3O7S. The van der Waals surface area contributed by atoms with Crippen molar-refractivity contribution in [2.24, 2.45) is 0 Å². The Labute approximate surface area is 137 Å². The highest BCUT2D eigenvalue weighted by atomic mass is 32.2. The highest BCUT2D eigenvalue weighted by Gasteiger charge is 2.21. The summed E-state index contributed by atoms with van der Waals surface area (Å²) in [7, 11) is -3.06. The third-order valence-corrected chi connectivity index (χ3v) is 4.02. The zero-order chi connectivity index (χ0) is 18.3. The lowest BCUT2D eigenvalue weighted by Crippen LogP contribution is -2.41. The molecule has 11 heteroatoms. The number of likely N-dealkylation sites (N-methyl/N-ethyl adjacent to an activating group) is 1. The van der Waals surface area contributed by atoms with Gasteiger partial charge in [-0.15, -0.1) is 0 Å². The van der Waals surface area contributed by atoms with Gasteiger partial charge in [0, 0.05) is 19.2 Å². The van der Waals surface area contributed by atoms with Crippen LogP contribution in [-0.4, -0.2) is 44.3 Å². The summed E-state index contributed by atoms with van der Waals surface area (Å²) in [6, 6.07) is 4.76. The van der Waals surface area contributed by atoms with Gasteiger partial charge >= 0.3 is 17.8 Å². The Morgan fingerprint density at radius 1 is 1.00 bits per heavy atom. The van der Waals surface area contributed by atoms with Gasteiger partial charge < -0.3 is 15.7 Å². The molecule has 3 amide bonds. The average Bonchev–Trinajstić information content (AvgIpc) is 2.52. The van der Waals surface area contributed by atoms with E-state index in [0.29, 0.717) is 0 Å². The quantitative estimate of drug-likeness (QED) is 0.477. The number of rotatable bonds is 6. The van der Waals surface area contributed by atoms with Gasteiger partial charge in [0.25, 0.3) is 10.0 Å². The van der Waals surface area contributed by atoms with Crippen LogP contribution in [0.15, 0.2) is 29.2 Å². The second kappa shape index (κ2) is 8.06. The third-order valence-electron chi connectivity index (χ3n) is 2.67. The van der Waals surface area contributed by atoms with Gasteiger partial charge in [0.05, 0.1) is 11.3 Å².